The lowest BCUT2D eigenvalue weighted by Gasteiger charge is -2.29. The maximum absolute atomic E-state index is 13.9. The number of para-hydroxylation sites is 1. The first-order chi connectivity index (χ1) is 16.4. The Labute approximate surface area is 198 Å². The lowest BCUT2D eigenvalue weighted by Crippen LogP contribution is -2.40. The normalized spacial score (nSPS) is 18.8. The van der Waals surface area contributed by atoms with Crippen LogP contribution in [0.5, 0.6) is 5.75 Å². The molecule has 3 atom stereocenters. The molecule has 1 saturated heterocycles. The van der Waals surface area contributed by atoms with Crippen molar-refractivity contribution in [3.63, 3.8) is 0 Å². The summed E-state index contributed by atoms with van der Waals surface area (Å²) in [6.45, 7) is 5.37. The van der Waals surface area contributed by atoms with Gasteiger partial charge in [-0.3, -0.25) is 4.57 Å². The molecule has 34 heavy (non-hydrogen) atoms. The van der Waals surface area contributed by atoms with E-state index in [0.29, 0.717) is 42.5 Å². The zero-order chi connectivity index (χ0) is 24.0. The van der Waals surface area contributed by atoms with Gasteiger partial charge >= 0.3 is 7.52 Å². The average Bonchev–Trinajstić information content (AvgIpc) is 3.04. The lowest BCUT2D eigenvalue weighted by atomic mass is 10.3. The summed E-state index contributed by atoms with van der Waals surface area (Å²) in [6, 6.07) is 8.64. The van der Waals surface area contributed by atoms with Crippen LogP contribution in [-0.4, -0.2) is 57.5 Å². The summed E-state index contributed by atoms with van der Waals surface area (Å²) in [5, 5.41) is 3.09. The lowest BCUT2D eigenvalue weighted by molar-refractivity contribution is -0.138. The molecule has 4 rings (SSSR count). The Morgan fingerprint density at radius 1 is 1.18 bits per heavy atom. The highest BCUT2D eigenvalue weighted by atomic mass is 31.2. The molecule has 1 aliphatic rings. The number of ether oxygens (including phenoxy) is 3. The minimum atomic E-state index is -3.48. The second-order valence-corrected chi connectivity index (χ2v) is 10.3. The molecule has 0 aliphatic carbocycles. The first kappa shape index (κ1) is 24.6. The number of nitrogens with zero attached hydrogens (tertiary/aromatic N) is 4. The quantitative estimate of drug-likeness (QED) is 0.408. The number of fused-ring (bicyclic) bond motifs is 1. The first-order valence-electron chi connectivity index (χ1n) is 11.3. The topological polar surface area (TPSA) is 136 Å². The highest BCUT2D eigenvalue weighted by Crippen LogP contribution is 2.44. The average molecular weight is 491 g/mol. The van der Waals surface area contributed by atoms with Crippen molar-refractivity contribution in [2.45, 2.75) is 51.7 Å². The summed E-state index contributed by atoms with van der Waals surface area (Å²) in [7, 11) is -3.48. The largest absolute Gasteiger partial charge is 0.431 e. The van der Waals surface area contributed by atoms with Crippen molar-refractivity contribution in [1.82, 2.24) is 24.6 Å². The molecule has 0 unspecified atom stereocenters. The summed E-state index contributed by atoms with van der Waals surface area (Å²) < 4.78 is 39.1. The van der Waals surface area contributed by atoms with Crippen LogP contribution >= 0.6 is 7.52 Å². The summed E-state index contributed by atoms with van der Waals surface area (Å²) in [4.78, 5) is 12.5. The maximum atomic E-state index is 13.9. The summed E-state index contributed by atoms with van der Waals surface area (Å²) in [5.74, 6) is 0.802. The fourth-order valence-electron chi connectivity index (χ4n) is 3.64. The second kappa shape index (κ2) is 11.2. The molecule has 0 amide bonds. The number of benzene rings is 1. The van der Waals surface area contributed by atoms with Crippen LogP contribution in [-0.2, 0) is 25.3 Å². The number of nitrogen functional groups attached to an aromatic ring is 1. The zero-order valence-corrected chi connectivity index (χ0v) is 20.3. The van der Waals surface area contributed by atoms with E-state index in [1.54, 1.807) is 18.5 Å². The fourth-order valence-corrected chi connectivity index (χ4v) is 5.48. The smallest absolute Gasteiger partial charge is 0.342 e. The van der Waals surface area contributed by atoms with E-state index < -0.39 is 13.8 Å². The van der Waals surface area contributed by atoms with Crippen LogP contribution in [0, 0.1) is 0 Å². The predicted molar refractivity (Wildman–Crippen MR) is 127 cm³/mol. The third kappa shape index (κ3) is 6.31. The van der Waals surface area contributed by atoms with Crippen molar-refractivity contribution in [2.75, 3.05) is 25.3 Å². The van der Waals surface area contributed by atoms with E-state index in [0.717, 1.165) is 12.8 Å². The number of imidazole rings is 1. The Bertz CT molecular complexity index is 1110. The Hall–Kier alpha value is -2.56. The third-order valence-corrected chi connectivity index (χ3v) is 7.12. The first-order valence-corrected chi connectivity index (χ1v) is 13.1. The molecule has 0 spiro atoms. The molecular formula is C22H31N6O5P. The number of nitrogens with two attached hydrogens (primary N) is 1. The zero-order valence-electron chi connectivity index (χ0n) is 19.4. The molecular weight excluding hydrogens is 459 g/mol. The van der Waals surface area contributed by atoms with E-state index in [-0.39, 0.29) is 18.5 Å². The van der Waals surface area contributed by atoms with E-state index in [4.69, 9.17) is 24.5 Å². The van der Waals surface area contributed by atoms with Gasteiger partial charge in [0, 0.05) is 13.2 Å². The van der Waals surface area contributed by atoms with Gasteiger partial charge in [-0.15, -0.1) is 0 Å². The molecule has 184 valence electrons. The molecule has 0 saturated carbocycles. The highest BCUT2D eigenvalue weighted by molar-refractivity contribution is 7.57. The van der Waals surface area contributed by atoms with E-state index in [1.807, 2.05) is 36.6 Å². The van der Waals surface area contributed by atoms with Gasteiger partial charge in [-0.1, -0.05) is 18.2 Å². The Morgan fingerprint density at radius 2 is 1.91 bits per heavy atom. The Balaban J connectivity index is 1.43. The van der Waals surface area contributed by atoms with Crippen molar-refractivity contribution >= 4 is 24.5 Å². The van der Waals surface area contributed by atoms with Crippen LogP contribution < -0.4 is 15.3 Å². The molecule has 0 radical (unpaired) electrons. The van der Waals surface area contributed by atoms with Crippen molar-refractivity contribution in [3.8, 4) is 5.75 Å². The van der Waals surface area contributed by atoms with Crippen LogP contribution in [0.15, 0.2) is 43.0 Å². The van der Waals surface area contributed by atoms with E-state index in [2.05, 4.69) is 20.0 Å². The van der Waals surface area contributed by atoms with Gasteiger partial charge in [-0.2, -0.15) is 0 Å². The number of rotatable bonds is 10. The third-order valence-electron chi connectivity index (χ3n) is 5.32. The summed E-state index contributed by atoms with van der Waals surface area (Å²) in [6.07, 6.45) is 3.91. The molecule has 1 aliphatic heterocycles. The van der Waals surface area contributed by atoms with Gasteiger partial charge in [0.25, 0.3) is 0 Å². The second-order valence-electron chi connectivity index (χ2n) is 8.25. The minimum Gasteiger partial charge on any atom is -0.431 e. The Kier molecular flexibility index (Phi) is 8.12. The monoisotopic (exact) mass is 490 g/mol. The molecule has 0 bridgehead atoms. The summed E-state index contributed by atoms with van der Waals surface area (Å²) >= 11 is 0. The molecule has 11 nitrogen and oxygen atoms in total. The minimum absolute atomic E-state index is 0.149. The van der Waals surface area contributed by atoms with Crippen LogP contribution in [0.25, 0.3) is 11.2 Å². The molecule has 2 aromatic heterocycles. The molecule has 3 N–H and O–H groups in total. The fraction of sp³-hybridized carbons (Fsp3) is 0.500. The molecule has 3 heterocycles. The number of hydrogen-bond acceptors (Lipinski definition) is 9. The SMILES string of the molecule is C[C@H](Cn1cnc2c(N)ncnc21)OC[P@@](=O)(N[C@@H](C)C1OCCCCO1)Oc1ccccc1. The number of hydrogen-bond donors (Lipinski definition) is 2. The van der Waals surface area contributed by atoms with Gasteiger partial charge in [0.1, 0.15) is 23.9 Å². The summed E-state index contributed by atoms with van der Waals surface area (Å²) in [5.41, 5.74) is 7.01. The van der Waals surface area contributed by atoms with Gasteiger partial charge in [-0.25, -0.2) is 20.0 Å². The molecule has 3 aromatic rings. The van der Waals surface area contributed by atoms with Gasteiger partial charge < -0.3 is 29.0 Å². The number of anilines is 1. The highest BCUT2D eigenvalue weighted by Gasteiger charge is 2.33. The van der Waals surface area contributed by atoms with Crippen molar-refractivity contribution in [2.24, 2.45) is 0 Å². The Morgan fingerprint density at radius 3 is 2.65 bits per heavy atom. The van der Waals surface area contributed by atoms with E-state index >= 15 is 0 Å². The van der Waals surface area contributed by atoms with Crippen LogP contribution in [0.4, 0.5) is 5.82 Å². The standard InChI is InChI=1S/C22H31N6O5P/c1-16(12-28-14-26-19-20(23)24-13-25-21(19)28)32-15-34(29,33-18-8-4-3-5-9-18)27-17(2)22-30-10-6-7-11-31-22/h3-5,8-9,13-14,16-17,22H,6-7,10-12,15H2,1-2H3,(H,27,29)(H2,23,24,25)/t16-,17+,34+/m1/s1. The number of nitrogens with one attached hydrogen (secondary N) is 1. The van der Waals surface area contributed by atoms with Crippen LogP contribution in [0.1, 0.15) is 26.7 Å². The van der Waals surface area contributed by atoms with E-state index in [1.165, 1.54) is 6.33 Å². The van der Waals surface area contributed by atoms with Crippen LogP contribution in [0.2, 0.25) is 0 Å². The van der Waals surface area contributed by atoms with Gasteiger partial charge in [0.05, 0.1) is 25.0 Å². The predicted octanol–water partition coefficient (Wildman–Crippen LogP) is 3.17. The van der Waals surface area contributed by atoms with Gasteiger partial charge in [0.15, 0.2) is 17.8 Å². The van der Waals surface area contributed by atoms with Crippen molar-refractivity contribution < 1.29 is 23.3 Å². The van der Waals surface area contributed by atoms with Crippen molar-refractivity contribution in [1.29, 1.82) is 0 Å². The molecule has 12 heteroatoms. The van der Waals surface area contributed by atoms with Crippen molar-refractivity contribution in [3.05, 3.63) is 43.0 Å². The maximum Gasteiger partial charge on any atom is 0.342 e. The van der Waals surface area contributed by atoms with Crippen LogP contribution in [0.3, 0.4) is 0 Å². The number of aromatic nitrogens is 4. The molecule has 1 fully saturated rings. The van der Waals surface area contributed by atoms with Gasteiger partial charge in [0.2, 0.25) is 0 Å². The molecule has 1 aromatic carbocycles. The van der Waals surface area contributed by atoms with E-state index in [9.17, 15) is 4.57 Å². The van der Waals surface area contributed by atoms with Gasteiger partial charge in [-0.05, 0) is 38.8 Å².